The maximum Gasteiger partial charge on any atom is 0.254 e. The van der Waals surface area contributed by atoms with E-state index >= 15 is 0 Å². The van der Waals surface area contributed by atoms with Gasteiger partial charge >= 0.3 is 0 Å². The van der Waals surface area contributed by atoms with E-state index in [4.69, 9.17) is 0 Å². The van der Waals surface area contributed by atoms with Crippen LogP contribution in [0.15, 0.2) is 16.8 Å². The molecule has 1 aliphatic heterocycles. The third kappa shape index (κ3) is 2.85. The highest BCUT2D eigenvalue weighted by molar-refractivity contribution is 7.88. The van der Waals surface area contributed by atoms with Crippen LogP contribution in [-0.2, 0) is 10.0 Å². The molecule has 0 saturated carbocycles. The maximum atomic E-state index is 12.0. The standard InChI is InChI=1S/C10H14N2O3S2/c1-17(14,15)12-5-3-11(4-6-12)10(13)9-2-7-16-8-9/h2,7-8H,3-6H2,1H3. The zero-order valence-corrected chi connectivity index (χ0v) is 11.1. The van der Waals surface area contributed by atoms with Crippen molar-refractivity contribution >= 4 is 27.3 Å². The first-order valence-corrected chi connectivity index (χ1v) is 8.04. The normalized spacial score (nSPS) is 18.3. The highest BCUT2D eigenvalue weighted by atomic mass is 32.2. The summed E-state index contributed by atoms with van der Waals surface area (Å²) < 4.78 is 24.0. The van der Waals surface area contributed by atoms with Crippen LogP contribution in [0.25, 0.3) is 0 Å². The predicted molar refractivity (Wildman–Crippen MR) is 66.6 cm³/mol. The number of thiophene rings is 1. The number of piperazine rings is 1. The van der Waals surface area contributed by atoms with E-state index in [0.29, 0.717) is 31.7 Å². The van der Waals surface area contributed by atoms with Gasteiger partial charge in [0.05, 0.1) is 11.8 Å². The summed E-state index contributed by atoms with van der Waals surface area (Å²) in [5.74, 6) is -0.0144. The van der Waals surface area contributed by atoms with Crippen LogP contribution in [0.3, 0.4) is 0 Å². The third-order valence-corrected chi connectivity index (χ3v) is 4.75. The smallest absolute Gasteiger partial charge is 0.254 e. The van der Waals surface area contributed by atoms with Gasteiger partial charge in [0.15, 0.2) is 0 Å². The maximum absolute atomic E-state index is 12.0. The van der Waals surface area contributed by atoms with E-state index < -0.39 is 10.0 Å². The summed E-state index contributed by atoms with van der Waals surface area (Å²) in [5.41, 5.74) is 0.683. The quantitative estimate of drug-likeness (QED) is 0.787. The lowest BCUT2D eigenvalue weighted by molar-refractivity contribution is 0.0699. The van der Waals surface area contributed by atoms with Crippen molar-refractivity contribution in [3.8, 4) is 0 Å². The number of carbonyl (C=O) groups excluding carboxylic acids is 1. The largest absolute Gasteiger partial charge is 0.336 e. The van der Waals surface area contributed by atoms with Crippen LogP contribution < -0.4 is 0 Å². The summed E-state index contributed by atoms with van der Waals surface area (Å²) in [7, 11) is -3.13. The SMILES string of the molecule is CS(=O)(=O)N1CCN(C(=O)c2ccsc2)CC1. The molecule has 1 saturated heterocycles. The van der Waals surface area contributed by atoms with Gasteiger partial charge in [0.2, 0.25) is 10.0 Å². The summed E-state index contributed by atoms with van der Waals surface area (Å²) in [5, 5.41) is 3.67. The molecule has 2 heterocycles. The van der Waals surface area contributed by atoms with Gasteiger partial charge in [-0.05, 0) is 11.4 Å². The second kappa shape index (κ2) is 4.75. The Bertz CT molecular complexity index is 488. The molecule has 0 aromatic carbocycles. The zero-order chi connectivity index (χ0) is 12.5. The van der Waals surface area contributed by atoms with Crippen LogP contribution in [0.4, 0.5) is 0 Å². The fourth-order valence-electron chi connectivity index (χ4n) is 1.79. The van der Waals surface area contributed by atoms with Gasteiger partial charge in [-0.25, -0.2) is 8.42 Å². The summed E-state index contributed by atoms with van der Waals surface area (Å²) in [4.78, 5) is 13.7. The van der Waals surface area contributed by atoms with Gasteiger partial charge in [0.1, 0.15) is 0 Å². The molecule has 0 radical (unpaired) electrons. The molecule has 5 nitrogen and oxygen atoms in total. The third-order valence-electron chi connectivity index (χ3n) is 2.76. The van der Waals surface area contributed by atoms with Gasteiger partial charge in [-0.2, -0.15) is 15.6 Å². The Hall–Kier alpha value is -0.920. The van der Waals surface area contributed by atoms with Gasteiger partial charge in [0.25, 0.3) is 5.91 Å². The average Bonchev–Trinajstić information content (AvgIpc) is 2.80. The zero-order valence-electron chi connectivity index (χ0n) is 9.50. The highest BCUT2D eigenvalue weighted by Gasteiger charge is 2.26. The second-order valence-corrected chi connectivity index (χ2v) is 6.73. The van der Waals surface area contributed by atoms with Gasteiger partial charge in [-0.15, -0.1) is 0 Å². The van der Waals surface area contributed by atoms with E-state index in [-0.39, 0.29) is 5.91 Å². The first-order chi connectivity index (χ1) is 7.98. The van der Waals surface area contributed by atoms with Crippen molar-refractivity contribution in [2.45, 2.75) is 0 Å². The Morgan fingerprint density at radius 1 is 1.29 bits per heavy atom. The van der Waals surface area contributed by atoms with E-state index in [1.165, 1.54) is 21.9 Å². The van der Waals surface area contributed by atoms with Gasteiger partial charge < -0.3 is 4.90 Å². The monoisotopic (exact) mass is 274 g/mol. The Kier molecular flexibility index (Phi) is 3.50. The molecule has 0 N–H and O–H groups in total. The van der Waals surface area contributed by atoms with Crippen LogP contribution >= 0.6 is 11.3 Å². The second-order valence-electron chi connectivity index (χ2n) is 3.97. The first kappa shape index (κ1) is 12.5. The summed E-state index contributed by atoms with van der Waals surface area (Å²) in [6, 6.07) is 1.79. The fourth-order valence-corrected chi connectivity index (χ4v) is 3.25. The summed E-state index contributed by atoms with van der Waals surface area (Å²) in [6.45, 7) is 1.69. The highest BCUT2D eigenvalue weighted by Crippen LogP contribution is 2.12. The molecular weight excluding hydrogens is 260 g/mol. The van der Waals surface area contributed by atoms with E-state index in [1.54, 1.807) is 11.0 Å². The van der Waals surface area contributed by atoms with Crippen LogP contribution in [0, 0.1) is 0 Å². The van der Waals surface area contributed by atoms with Gasteiger partial charge in [-0.1, -0.05) is 0 Å². The van der Waals surface area contributed by atoms with Gasteiger partial charge in [-0.3, -0.25) is 4.79 Å². The number of nitrogens with zero attached hydrogens (tertiary/aromatic N) is 2. The van der Waals surface area contributed by atoms with Crippen LogP contribution in [0.1, 0.15) is 10.4 Å². The van der Waals surface area contributed by atoms with Crippen molar-refractivity contribution in [3.63, 3.8) is 0 Å². The van der Waals surface area contributed by atoms with E-state index in [0.717, 1.165) is 0 Å². The number of rotatable bonds is 2. The number of hydrogen-bond acceptors (Lipinski definition) is 4. The Balaban J connectivity index is 1.98. The van der Waals surface area contributed by atoms with Crippen molar-refractivity contribution in [2.24, 2.45) is 0 Å². The minimum atomic E-state index is -3.13. The molecule has 0 aliphatic carbocycles. The predicted octanol–water partition coefficient (Wildman–Crippen LogP) is 0.466. The molecule has 2 rings (SSSR count). The number of carbonyl (C=O) groups is 1. The minimum absolute atomic E-state index is 0.0144. The van der Waals surface area contributed by atoms with Crippen molar-refractivity contribution in [3.05, 3.63) is 22.4 Å². The summed E-state index contributed by atoms with van der Waals surface area (Å²) >= 11 is 1.48. The molecule has 17 heavy (non-hydrogen) atoms. The molecular formula is C10H14N2O3S2. The average molecular weight is 274 g/mol. The summed E-state index contributed by atoms with van der Waals surface area (Å²) in [6.07, 6.45) is 1.20. The Morgan fingerprint density at radius 2 is 1.94 bits per heavy atom. The molecule has 0 unspecified atom stereocenters. The number of sulfonamides is 1. The molecule has 1 aliphatic rings. The molecule has 0 atom stereocenters. The Morgan fingerprint density at radius 3 is 2.41 bits per heavy atom. The van der Waals surface area contributed by atoms with Crippen molar-refractivity contribution in [2.75, 3.05) is 32.4 Å². The lowest BCUT2D eigenvalue weighted by Crippen LogP contribution is -2.50. The molecule has 1 fully saturated rings. The molecule has 94 valence electrons. The molecule has 1 aromatic rings. The van der Waals surface area contributed by atoms with Crippen molar-refractivity contribution in [1.82, 2.24) is 9.21 Å². The topological polar surface area (TPSA) is 57.7 Å². The molecule has 0 spiro atoms. The lowest BCUT2D eigenvalue weighted by atomic mass is 10.2. The minimum Gasteiger partial charge on any atom is -0.336 e. The van der Waals surface area contributed by atoms with E-state index in [1.807, 2.05) is 10.8 Å². The number of amides is 1. The fraction of sp³-hybridized carbons (Fsp3) is 0.500. The van der Waals surface area contributed by atoms with Crippen LogP contribution in [0.2, 0.25) is 0 Å². The number of hydrogen-bond donors (Lipinski definition) is 0. The van der Waals surface area contributed by atoms with E-state index in [9.17, 15) is 13.2 Å². The van der Waals surface area contributed by atoms with Crippen molar-refractivity contribution < 1.29 is 13.2 Å². The first-order valence-electron chi connectivity index (χ1n) is 5.25. The molecule has 7 heteroatoms. The molecule has 1 aromatic heterocycles. The molecule has 0 bridgehead atoms. The van der Waals surface area contributed by atoms with Crippen LogP contribution in [0.5, 0.6) is 0 Å². The van der Waals surface area contributed by atoms with E-state index in [2.05, 4.69) is 0 Å². The Labute approximate surface area is 105 Å². The van der Waals surface area contributed by atoms with Crippen LogP contribution in [-0.4, -0.2) is 56.0 Å². The molecule has 1 amide bonds. The van der Waals surface area contributed by atoms with Gasteiger partial charge in [0, 0.05) is 31.6 Å². The van der Waals surface area contributed by atoms with Crippen molar-refractivity contribution in [1.29, 1.82) is 0 Å². The lowest BCUT2D eigenvalue weighted by Gasteiger charge is -2.33.